The van der Waals surface area contributed by atoms with Crippen molar-refractivity contribution in [1.29, 1.82) is 0 Å². The maximum atomic E-state index is 10.8. The van der Waals surface area contributed by atoms with Gasteiger partial charge in [-0.3, -0.25) is 0 Å². The number of carboxylic acid groups (broad SMARTS) is 2. The van der Waals surface area contributed by atoms with Gasteiger partial charge in [0.05, 0.1) is 9.75 Å². The standard InChI is InChI=1S/C11H11BrO2S.C11H12O2S/c1-11(2,3)5-4-7-6-8(12)9(15-7)10(13)14;1-11(2,3)7-6-8-4-5-9(14-8)10(12)13/h6H,1-3H3,(H,13,14);4-5H,1-3H3,(H,12,13). The first-order valence-electron chi connectivity index (χ1n) is 8.60. The van der Waals surface area contributed by atoms with Crippen LogP contribution in [0.2, 0.25) is 0 Å². The van der Waals surface area contributed by atoms with Gasteiger partial charge in [0.15, 0.2) is 0 Å². The quantitative estimate of drug-likeness (QED) is 0.470. The van der Waals surface area contributed by atoms with Gasteiger partial charge in [-0.25, -0.2) is 9.59 Å². The molecule has 0 amide bonds. The minimum atomic E-state index is -0.921. The number of rotatable bonds is 2. The molecular formula is C22H23BrO4S2. The van der Waals surface area contributed by atoms with Crippen molar-refractivity contribution >= 4 is 50.5 Å². The molecule has 2 N–H and O–H groups in total. The number of halogens is 1. The van der Waals surface area contributed by atoms with E-state index >= 15 is 0 Å². The van der Waals surface area contributed by atoms with Gasteiger partial charge in [0, 0.05) is 15.3 Å². The average molecular weight is 495 g/mol. The summed E-state index contributed by atoms with van der Waals surface area (Å²) in [5.74, 6) is 10.3. The van der Waals surface area contributed by atoms with Gasteiger partial charge < -0.3 is 10.2 Å². The lowest BCUT2D eigenvalue weighted by Gasteiger charge is -2.06. The predicted octanol–water partition coefficient (Wildman–Crippen LogP) is 6.45. The van der Waals surface area contributed by atoms with Gasteiger partial charge in [0.2, 0.25) is 0 Å². The molecule has 0 unspecified atom stereocenters. The number of carbonyl (C=O) groups is 2. The molecule has 4 nitrogen and oxygen atoms in total. The van der Waals surface area contributed by atoms with Gasteiger partial charge in [-0.15, -0.1) is 22.7 Å². The van der Waals surface area contributed by atoms with Crippen molar-refractivity contribution < 1.29 is 19.8 Å². The lowest BCUT2D eigenvalue weighted by molar-refractivity contribution is 0.0690. The number of hydrogen-bond acceptors (Lipinski definition) is 4. The molecule has 0 saturated heterocycles. The van der Waals surface area contributed by atoms with Crippen LogP contribution < -0.4 is 0 Å². The summed E-state index contributed by atoms with van der Waals surface area (Å²) in [6.07, 6.45) is 0. The zero-order valence-corrected chi connectivity index (χ0v) is 20.4. The van der Waals surface area contributed by atoms with E-state index in [4.69, 9.17) is 10.2 Å². The van der Waals surface area contributed by atoms with Gasteiger partial charge in [0.1, 0.15) is 9.75 Å². The molecule has 0 bridgehead atoms. The fraction of sp³-hybridized carbons (Fsp3) is 0.364. The van der Waals surface area contributed by atoms with Crippen molar-refractivity contribution in [3.63, 3.8) is 0 Å². The van der Waals surface area contributed by atoms with Gasteiger partial charge in [-0.05, 0) is 75.7 Å². The molecule has 0 aliphatic carbocycles. The van der Waals surface area contributed by atoms with Crippen LogP contribution in [0, 0.1) is 34.5 Å². The van der Waals surface area contributed by atoms with Crippen molar-refractivity contribution in [3.8, 4) is 23.7 Å². The zero-order valence-electron chi connectivity index (χ0n) is 17.1. The largest absolute Gasteiger partial charge is 0.477 e. The first-order valence-corrected chi connectivity index (χ1v) is 11.0. The second-order valence-electron chi connectivity index (χ2n) is 8.06. The third-order valence-electron chi connectivity index (χ3n) is 2.82. The Kier molecular flexibility index (Phi) is 8.71. The van der Waals surface area contributed by atoms with Crippen molar-refractivity contribution in [3.05, 3.63) is 42.2 Å². The van der Waals surface area contributed by atoms with Gasteiger partial charge in [0.25, 0.3) is 0 Å². The van der Waals surface area contributed by atoms with Gasteiger partial charge >= 0.3 is 11.9 Å². The molecular weight excluding hydrogens is 472 g/mol. The number of thiophene rings is 2. The van der Waals surface area contributed by atoms with E-state index in [1.54, 1.807) is 18.2 Å². The molecule has 2 rings (SSSR count). The molecule has 0 atom stereocenters. The summed E-state index contributed by atoms with van der Waals surface area (Å²) in [4.78, 5) is 23.6. The molecule has 0 fully saturated rings. The van der Waals surface area contributed by atoms with Crippen LogP contribution in [0.4, 0.5) is 0 Å². The topological polar surface area (TPSA) is 74.6 Å². The van der Waals surface area contributed by atoms with E-state index in [2.05, 4.69) is 39.6 Å². The minimum absolute atomic E-state index is 0.0482. The molecule has 0 spiro atoms. The van der Waals surface area contributed by atoms with Crippen LogP contribution in [0.3, 0.4) is 0 Å². The normalized spacial score (nSPS) is 10.6. The number of aromatic carboxylic acids is 2. The first-order chi connectivity index (χ1) is 13.2. The third kappa shape index (κ3) is 9.80. The van der Waals surface area contributed by atoms with Crippen LogP contribution in [0.15, 0.2) is 22.7 Å². The Morgan fingerprint density at radius 3 is 1.76 bits per heavy atom. The lowest BCUT2D eigenvalue weighted by Crippen LogP contribution is -1.98. The van der Waals surface area contributed by atoms with Crippen molar-refractivity contribution in [1.82, 2.24) is 0 Å². The second-order valence-corrected chi connectivity index (χ2v) is 11.1. The third-order valence-corrected chi connectivity index (χ3v) is 5.73. The number of hydrogen-bond donors (Lipinski definition) is 2. The van der Waals surface area contributed by atoms with E-state index in [0.29, 0.717) is 14.2 Å². The molecule has 2 aromatic rings. The van der Waals surface area contributed by atoms with Crippen molar-refractivity contribution in [2.75, 3.05) is 0 Å². The zero-order chi connectivity index (χ0) is 22.4. The molecule has 2 aromatic heterocycles. The molecule has 2 heterocycles. The molecule has 0 aliphatic heterocycles. The van der Waals surface area contributed by atoms with Crippen LogP contribution in [0.1, 0.15) is 70.6 Å². The summed E-state index contributed by atoms with van der Waals surface area (Å²) < 4.78 is 0.596. The van der Waals surface area contributed by atoms with Crippen LogP contribution in [0.5, 0.6) is 0 Å². The fourth-order valence-electron chi connectivity index (χ4n) is 1.59. The summed E-state index contributed by atoms with van der Waals surface area (Å²) >= 11 is 5.60. The van der Waals surface area contributed by atoms with Crippen molar-refractivity contribution in [2.45, 2.75) is 41.5 Å². The van der Waals surface area contributed by atoms with Crippen LogP contribution in [-0.2, 0) is 0 Å². The Bertz CT molecular complexity index is 1010. The molecule has 0 aliphatic rings. The second kappa shape index (κ2) is 10.1. The van der Waals surface area contributed by atoms with E-state index in [0.717, 1.165) is 9.75 Å². The number of carboxylic acids is 2. The first kappa shape index (κ1) is 25.0. The maximum Gasteiger partial charge on any atom is 0.347 e. The van der Waals surface area contributed by atoms with E-state index in [-0.39, 0.29) is 10.8 Å². The Labute approximate surface area is 188 Å². The van der Waals surface area contributed by atoms with E-state index < -0.39 is 11.9 Å². The summed E-state index contributed by atoms with van der Waals surface area (Å²) in [6.45, 7) is 12.1. The van der Waals surface area contributed by atoms with Crippen LogP contribution in [0.25, 0.3) is 0 Å². The SMILES string of the molecule is CC(C)(C)C#Cc1cc(Br)c(C(=O)O)s1.CC(C)(C)C#Cc1ccc(C(=O)O)s1. The molecule has 7 heteroatoms. The Balaban J connectivity index is 0.000000291. The lowest BCUT2D eigenvalue weighted by atomic mass is 9.98. The van der Waals surface area contributed by atoms with E-state index in [1.165, 1.54) is 22.7 Å². The summed E-state index contributed by atoms with van der Waals surface area (Å²) in [5, 5.41) is 17.5. The molecule has 0 aromatic carbocycles. The smallest absolute Gasteiger partial charge is 0.347 e. The Morgan fingerprint density at radius 2 is 1.38 bits per heavy atom. The van der Waals surface area contributed by atoms with E-state index in [1.807, 2.05) is 41.5 Å². The van der Waals surface area contributed by atoms with Crippen molar-refractivity contribution in [2.24, 2.45) is 10.8 Å². The highest BCUT2D eigenvalue weighted by Gasteiger charge is 2.12. The van der Waals surface area contributed by atoms with Gasteiger partial charge in [-0.1, -0.05) is 23.7 Å². The van der Waals surface area contributed by atoms with E-state index in [9.17, 15) is 9.59 Å². The van der Waals surface area contributed by atoms with Crippen LogP contribution >= 0.6 is 38.6 Å². The molecule has 29 heavy (non-hydrogen) atoms. The average Bonchev–Trinajstić information content (AvgIpc) is 3.17. The summed E-state index contributed by atoms with van der Waals surface area (Å²) in [5.41, 5.74) is -0.118. The highest BCUT2D eigenvalue weighted by atomic mass is 79.9. The summed E-state index contributed by atoms with van der Waals surface area (Å²) in [7, 11) is 0. The van der Waals surface area contributed by atoms with Crippen LogP contribution in [-0.4, -0.2) is 22.2 Å². The maximum absolute atomic E-state index is 10.8. The minimum Gasteiger partial charge on any atom is -0.477 e. The van der Waals surface area contributed by atoms with Gasteiger partial charge in [-0.2, -0.15) is 0 Å². The molecule has 0 radical (unpaired) electrons. The molecule has 154 valence electrons. The Hall–Kier alpha value is -2.06. The monoisotopic (exact) mass is 494 g/mol. The fourth-order valence-corrected chi connectivity index (χ4v) is 3.83. The highest BCUT2D eigenvalue weighted by molar-refractivity contribution is 9.10. The highest BCUT2D eigenvalue weighted by Crippen LogP contribution is 2.27. The summed E-state index contributed by atoms with van der Waals surface area (Å²) in [6, 6.07) is 5.07. The Morgan fingerprint density at radius 1 is 0.862 bits per heavy atom. The molecule has 0 saturated carbocycles. The predicted molar refractivity (Wildman–Crippen MR) is 123 cm³/mol.